The number of fused-ring (bicyclic) bond motifs is 1. The Morgan fingerprint density at radius 2 is 1.82 bits per heavy atom. The Bertz CT molecular complexity index is 1180. The molecule has 2 aromatic carbocycles. The molecule has 214 valence electrons. The molecule has 0 aliphatic carbocycles. The molecule has 2 aliphatic rings. The minimum atomic E-state index is -3.86. The Labute approximate surface area is 230 Å². The van der Waals surface area contributed by atoms with Crippen molar-refractivity contribution in [3.05, 3.63) is 60.2 Å². The zero-order valence-electron chi connectivity index (χ0n) is 22.7. The summed E-state index contributed by atoms with van der Waals surface area (Å²) < 4.78 is 51.5. The summed E-state index contributed by atoms with van der Waals surface area (Å²) in [6, 6.07) is 15.2. The van der Waals surface area contributed by atoms with Gasteiger partial charge in [-0.05, 0) is 48.6 Å². The number of anilines is 1. The second-order valence-electron chi connectivity index (χ2n) is 10.5. The van der Waals surface area contributed by atoms with Crippen molar-refractivity contribution < 1.29 is 32.2 Å². The van der Waals surface area contributed by atoms with Gasteiger partial charge >= 0.3 is 6.09 Å². The van der Waals surface area contributed by atoms with Gasteiger partial charge in [-0.1, -0.05) is 44.2 Å². The molecular formula is C28H39N3O7S. The van der Waals surface area contributed by atoms with E-state index in [2.05, 4.69) is 5.32 Å². The van der Waals surface area contributed by atoms with Crippen LogP contribution in [-0.4, -0.2) is 76.8 Å². The van der Waals surface area contributed by atoms with Crippen LogP contribution in [0.1, 0.15) is 25.8 Å². The highest BCUT2D eigenvalue weighted by atomic mass is 32.2. The molecule has 0 radical (unpaired) electrons. The van der Waals surface area contributed by atoms with E-state index < -0.39 is 34.4 Å². The standard InChI is InChI=1S/C28H39N3O7S/c1-19(2)16-31(39(33,34)22-11-9-21(29)10-12-22)17-25(35-3)24(15-20-7-5-4-6-8-20)30-28(32)38-26-18-37-27-23(26)13-14-36-27/h4-12,19,23-27H,13-18,29H2,1-3H3,(H,30,32)/t23-,24-,25+,26-,27+/m0/s1. The number of benzene rings is 2. The molecule has 0 bridgehead atoms. The van der Waals surface area contributed by atoms with E-state index in [1.807, 2.05) is 44.2 Å². The molecule has 2 saturated heterocycles. The molecule has 1 amide bonds. The average Bonchev–Trinajstić information content (AvgIpc) is 3.52. The zero-order chi connectivity index (χ0) is 28.0. The van der Waals surface area contributed by atoms with E-state index in [0.717, 1.165) is 12.0 Å². The molecule has 2 aromatic rings. The summed E-state index contributed by atoms with van der Waals surface area (Å²) in [6.07, 6.45) is -0.818. The Morgan fingerprint density at radius 3 is 2.49 bits per heavy atom. The van der Waals surface area contributed by atoms with E-state index in [9.17, 15) is 13.2 Å². The molecule has 0 aromatic heterocycles. The SMILES string of the molecule is CO[C@H](CN(CC(C)C)S(=O)(=O)c1ccc(N)cc1)[C@H](Cc1ccccc1)NC(=O)O[C@H]1CO[C@H]2OCC[C@H]21. The van der Waals surface area contributed by atoms with Crippen molar-refractivity contribution in [1.29, 1.82) is 0 Å². The van der Waals surface area contributed by atoms with Gasteiger partial charge in [-0.15, -0.1) is 0 Å². The van der Waals surface area contributed by atoms with Gasteiger partial charge in [-0.2, -0.15) is 4.31 Å². The van der Waals surface area contributed by atoms with Crippen LogP contribution in [-0.2, 0) is 35.4 Å². The number of nitrogen functional groups attached to an aromatic ring is 1. The van der Waals surface area contributed by atoms with E-state index in [-0.39, 0.29) is 42.7 Å². The third kappa shape index (κ3) is 7.49. The number of carbonyl (C=O) groups is 1. The van der Waals surface area contributed by atoms with Gasteiger partial charge in [0.1, 0.15) is 6.10 Å². The molecule has 10 nitrogen and oxygen atoms in total. The van der Waals surface area contributed by atoms with E-state index in [1.54, 1.807) is 12.1 Å². The molecule has 2 aliphatic heterocycles. The maximum absolute atomic E-state index is 13.7. The summed E-state index contributed by atoms with van der Waals surface area (Å²) >= 11 is 0. The fraction of sp³-hybridized carbons (Fsp3) is 0.536. The summed E-state index contributed by atoms with van der Waals surface area (Å²) in [5.41, 5.74) is 7.23. The maximum Gasteiger partial charge on any atom is 0.407 e. The molecular weight excluding hydrogens is 522 g/mol. The molecule has 0 unspecified atom stereocenters. The van der Waals surface area contributed by atoms with E-state index in [1.165, 1.54) is 23.5 Å². The van der Waals surface area contributed by atoms with E-state index >= 15 is 0 Å². The van der Waals surface area contributed by atoms with Crippen molar-refractivity contribution in [3.8, 4) is 0 Å². The number of carbonyl (C=O) groups excluding carboxylic acids is 1. The molecule has 4 rings (SSSR count). The number of ether oxygens (including phenoxy) is 4. The Kier molecular flexibility index (Phi) is 9.84. The molecule has 0 spiro atoms. The number of rotatable bonds is 12. The van der Waals surface area contributed by atoms with Crippen molar-refractivity contribution in [2.24, 2.45) is 11.8 Å². The second-order valence-corrected chi connectivity index (χ2v) is 12.4. The van der Waals surface area contributed by atoms with Crippen molar-refractivity contribution in [2.75, 3.05) is 39.1 Å². The highest BCUT2D eigenvalue weighted by Crippen LogP contribution is 2.33. The molecule has 3 N–H and O–H groups in total. The van der Waals surface area contributed by atoms with Crippen LogP contribution >= 0.6 is 0 Å². The van der Waals surface area contributed by atoms with Gasteiger partial charge in [0.15, 0.2) is 6.29 Å². The van der Waals surface area contributed by atoms with Crippen LogP contribution in [0.25, 0.3) is 0 Å². The van der Waals surface area contributed by atoms with Gasteiger partial charge in [0, 0.05) is 25.9 Å². The van der Waals surface area contributed by atoms with Crippen LogP contribution in [0, 0.1) is 11.8 Å². The van der Waals surface area contributed by atoms with Gasteiger partial charge in [0.25, 0.3) is 0 Å². The number of sulfonamides is 1. The fourth-order valence-electron chi connectivity index (χ4n) is 5.05. The van der Waals surface area contributed by atoms with Gasteiger partial charge < -0.3 is 30.0 Å². The van der Waals surface area contributed by atoms with Crippen molar-refractivity contribution in [1.82, 2.24) is 9.62 Å². The summed E-state index contributed by atoms with van der Waals surface area (Å²) in [6.45, 7) is 5.07. The first-order chi connectivity index (χ1) is 18.7. The molecule has 0 saturated carbocycles. The van der Waals surface area contributed by atoms with E-state index in [4.69, 9.17) is 24.7 Å². The fourth-order valence-corrected chi connectivity index (χ4v) is 6.66. The summed E-state index contributed by atoms with van der Waals surface area (Å²) in [7, 11) is -2.34. The summed E-state index contributed by atoms with van der Waals surface area (Å²) in [4.78, 5) is 13.2. The molecule has 2 fully saturated rings. The highest BCUT2D eigenvalue weighted by Gasteiger charge is 2.44. The number of alkyl carbamates (subject to hydrolysis) is 1. The lowest BCUT2D eigenvalue weighted by Crippen LogP contribution is -2.52. The first-order valence-electron chi connectivity index (χ1n) is 13.3. The van der Waals surface area contributed by atoms with Crippen LogP contribution in [0.4, 0.5) is 10.5 Å². The van der Waals surface area contributed by atoms with E-state index in [0.29, 0.717) is 18.7 Å². The number of nitrogens with two attached hydrogens (primary N) is 1. The number of nitrogens with one attached hydrogen (secondary N) is 1. The summed E-state index contributed by atoms with van der Waals surface area (Å²) in [5, 5.41) is 2.96. The quantitative estimate of drug-likeness (QED) is 0.379. The van der Waals surface area contributed by atoms with Crippen LogP contribution in [0.5, 0.6) is 0 Å². The van der Waals surface area contributed by atoms with Crippen molar-refractivity contribution >= 4 is 21.8 Å². The second kappa shape index (κ2) is 13.1. The minimum Gasteiger partial charge on any atom is -0.443 e. The monoisotopic (exact) mass is 561 g/mol. The topological polar surface area (TPSA) is 129 Å². The van der Waals surface area contributed by atoms with Crippen molar-refractivity contribution in [2.45, 2.75) is 56.1 Å². The molecule has 2 heterocycles. The van der Waals surface area contributed by atoms with Crippen molar-refractivity contribution in [3.63, 3.8) is 0 Å². The lowest BCUT2D eigenvalue weighted by atomic mass is 10.0. The average molecular weight is 562 g/mol. The first-order valence-corrected chi connectivity index (χ1v) is 14.7. The minimum absolute atomic E-state index is 0.00753. The predicted molar refractivity (Wildman–Crippen MR) is 146 cm³/mol. The predicted octanol–water partition coefficient (Wildman–Crippen LogP) is 3.03. The van der Waals surface area contributed by atoms with Crippen LogP contribution in [0.3, 0.4) is 0 Å². The normalized spacial score (nSPS) is 22.5. The number of hydrogen-bond acceptors (Lipinski definition) is 8. The Morgan fingerprint density at radius 1 is 1.10 bits per heavy atom. The lowest BCUT2D eigenvalue weighted by Gasteiger charge is -2.33. The highest BCUT2D eigenvalue weighted by molar-refractivity contribution is 7.89. The third-order valence-corrected chi connectivity index (χ3v) is 8.91. The molecule has 5 atom stereocenters. The third-order valence-electron chi connectivity index (χ3n) is 7.07. The molecule has 39 heavy (non-hydrogen) atoms. The van der Waals surface area contributed by atoms with Gasteiger partial charge in [0.2, 0.25) is 10.0 Å². The Balaban J connectivity index is 1.54. The number of amides is 1. The van der Waals surface area contributed by atoms with Gasteiger partial charge in [-0.25, -0.2) is 13.2 Å². The van der Waals surface area contributed by atoms with Crippen LogP contribution < -0.4 is 11.1 Å². The maximum atomic E-state index is 13.7. The number of hydrogen-bond donors (Lipinski definition) is 2. The number of methoxy groups -OCH3 is 1. The largest absolute Gasteiger partial charge is 0.443 e. The smallest absolute Gasteiger partial charge is 0.407 e. The molecule has 11 heteroatoms. The Hall–Kier alpha value is -2.70. The lowest BCUT2D eigenvalue weighted by molar-refractivity contribution is -0.0907. The van der Waals surface area contributed by atoms with Gasteiger partial charge in [0.05, 0.1) is 36.2 Å². The summed E-state index contributed by atoms with van der Waals surface area (Å²) in [5.74, 6) is 0.0636. The number of nitrogens with zero attached hydrogens (tertiary/aromatic N) is 1. The van der Waals surface area contributed by atoms with Crippen LogP contribution in [0.2, 0.25) is 0 Å². The first kappa shape index (κ1) is 29.3. The van der Waals surface area contributed by atoms with Crippen LogP contribution in [0.15, 0.2) is 59.5 Å². The zero-order valence-corrected chi connectivity index (χ0v) is 23.5. The van der Waals surface area contributed by atoms with Gasteiger partial charge in [-0.3, -0.25) is 0 Å².